The van der Waals surface area contributed by atoms with E-state index in [2.05, 4.69) is 25.9 Å². The second-order valence-corrected chi connectivity index (χ2v) is 8.29. The third-order valence-corrected chi connectivity index (χ3v) is 5.06. The Labute approximate surface area is 164 Å². The minimum absolute atomic E-state index is 0.0324. The van der Waals surface area contributed by atoms with Gasteiger partial charge in [-0.3, -0.25) is 19.2 Å². The number of ketones is 1. The highest BCUT2D eigenvalue weighted by Crippen LogP contribution is 2.22. The molecule has 2 heterocycles. The molecule has 150 valence electrons. The second-order valence-electron chi connectivity index (χ2n) is 8.29. The molecule has 0 bridgehead atoms. The fourth-order valence-corrected chi connectivity index (χ4v) is 3.24. The molecule has 0 aliphatic carbocycles. The van der Waals surface area contributed by atoms with Gasteiger partial charge in [-0.15, -0.1) is 0 Å². The lowest BCUT2D eigenvalue weighted by atomic mass is 9.92. The van der Waals surface area contributed by atoms with E-state index < -0.39 is 0 Å². The molecular weight excluding hydrogens is 359 g/mol. The zero-order valence-electron chi connectivity index (χ0n) is 16.9. The summed E-state index contributed by atoms with van der Waals surface area (Å²) < 4.78 is 14.6. The molecule has 6 nitrogen and oxygen atoms in total. The largest absolute Gasteiger partial charge is 0.335 e. The fraction of sp³-hybridized carbons (Fsp3) is 0.476. The van der Waals surface area contributed by atoms with E-state index in [0.717, 1.165) is 5.69 Å². The molecule has 28 heavy (non-hydrogen) atoms. The molecule has 0 spiro atoms. The van der Waals surface area contributed by atoms with E-state index in [9.17, 15) is 14.0 Å². The normalized spacial score (nSPS) is 15.7. The summed E-state index contributed by atoms with van der Waals surface area (Å²) in [5.74, 6) is -0.426. The van der Waals surface area contributed by atoms with Crippen LogP contribution < -0.4 is 0 Å². The van der Waals surface area contributed by atoms with Crippen molar-refractivity contribution in [2.45, 2.75) is 26.2 Å². The van der Waals surface area contributed by atoms with Crippen molar-refractivity contribution in [3.05, 3.63) is 53.1 Å². The number of aryl methyl sites for hydroxylation is 1. The summed E-state index contributed by atoms with van der Waals surface area (Å²) in [6.07, 6.45) is 0. The molecule has 1 aromatic carbocycles. The molecule has 1 saturated heterocycles. The molecule has 0 radical (unpaired) electrons. The highest BCUT2D eigenvalue weighted by Gasteiger charge is 2.27. The lowest BCUT2D eigenvalue weighted by Crippen LogP contribution is -2.50. The fourth-order valence-electron chi connectivity index (χ4n) is 3.24. The van der Waals surface area contributed by atoms with Gasteiger partial charge < -0.3 is 4.90 Å². The average molecular weight is 386 g/mol. The molecule has 1 fully saturated rings. The maximum atomic E-state index is 13.0. The number of carbonyl (C=O) groups excluding carboxylic acids is 2. The van der Waals surface area contributed by atoms with Crippen LogP contribution in [0.4, 0.5) is 4.39 Å². The van der Waals surface area contributed by atoms with Crippen LogP contribution in [0.15, 0.2) is 30.3 Å². The van der Waals surface area contributed by atoms with Gasteiger partial charge in [0.25, 0.3) is 5.91 Å². The number of amides is 1. The zero-order valence-corrected chi connectivity index (χ0v) is 16.9. The predicted molar refractivity (Wildman–Crippen MR) is 105 cm³/mol. The van der Waals surface area contributed by atoms with Crippen LogP contribution >= 0.6 is 0 Å². The molecule has 3 rings (SSSR count). The first-order chi connectivity index (χ1) is 13.1. The first-order valence-corrected chi connectivity index (χ1v) is 9.50. The van der Waals surface area contributed by atoms with Gasteiger partial charge in [-0.05, 0) is 30.3 Å². The predicted octanol–water partition coefficient (Wildman–Crippen LogP) is 2.50. The Bertz CT molecular complexity index is 860. The van der Waals surface area contributed by atoms with Crippen LogP contribution in [0.25, 0.3) is 0 Å². The molecule has 0 N–H and O–H groups in total. The molecular formula is C21H27FN4O2. The van der Waals surface area contributed by atoms with Gasteiger partial charge in [0.15, 0.2) is 5.78 Å². The second kappa shape index (κ2) is 7.83. The van der Waals surface area contributed by atoms with E-state index in [-0.39, 0.29) is 29.5 Å². The average Bonchev–Trinajstić information content (AvgIpc) is 3.04. The SMILES string of the molecule is Cn1nc(C(C)(C)C)cc1C(=O)N1CCN(CC(=O)c2ccc(F)cc2)CC1. The van der Waals surface area contributed by atoms with Crippen molar-refractivity contribution in [3.63, 3.8) is 0 Å². The van der Waals surface area contributed by atoms with Gasteiger partial charge in [-0.25, -0.2) is 4.39 Å². The molecule has 2 aromatic rings. The van der Waals surface area contributed by atoms with Crippen LogP contribution in [-0.4, -0.2) is 64.0 Å². The number of aromatic nitrogens is 2. The monoisotopic (exact) mass is 386 g/mol. The first kappa shape index (κ1) is 20.2. The van der Waals surface area contributed by atoms with E-state index in [1.54, 1.807) is 11.7 Å². The molecule has 1 aromatic heterocycles. The van der Waals surface area contributed by atoms with Crippen molar-refractivity contribution < 1.29 is 14.0 Å². The van der Waals surface area contributed by atoms with E-state index in [4.69, 9.17) is 0 Å². The maximum Gasteiger partial charge on any atom is 0.272 e. The Kier molecular flexibility index (Phi) is 5.65. The van der Waals surface area contributed by atoms with Gasteiger partial charge in [0.2, 0.25) is 0 Å². The Hall–Kier alpha value is -2.54. The summed E-state index contributed by atoms with van der Waals surface area (Å²) in [4.78, 5) is 29.1. The number of piperazine rings is 1. The van der Waals surface area contributed by atoms with Crippen LogP contribution in [0.5, 0.6) is 0 Å². The lowest BCUT2D eigenvalue weighted by molar-refractivity contribution is 0.0614. The zero-order chi connectivity index (χ0) is 20.5. The molecule has 1 aliphatic heterocycles. The number of nitrogens with zero attached hydrogens (tertiary/aromatic N) is 4. The minimum Gasteiger partial charge on any atom is -0.335 e. The van der Waals surface area contributed by atoms with Crippen molar-refractivity contribution in [1.82, 2.24) is 19.6 Å². The van der Waals surface area contributed by atoms with Gasteiger partial charge in [-0.1, -0.05) is 20.8 Å². The molecule has 0 saturated carbocycles. The van der Waals surface area contributed by atoms with Crippen LogP contribution in [0, 0.1) is 5.82 Å². The van der Waals surface area contributed by atoms with E-state index >= 15 is 0 Å². The Morgan fingerprint density at radius 3 is 2.21 bits per heavy atom. The number of Topliss-reactive ketones (excluding diaryl/α,β-unsaturated/α-hetero) is 1. The Morgan fingerprint density at radius 2 is 1.68 bits per heavy atom. The number of rotatable bonds is 4. The first-order valence-electron chi connectivity index (χ1n) is 9.50. The molecule has 1 amide bonds. The summed E-state index contributed by atoms with van der Waals surface area (Å²) >= 11 is 0. The highest BCUT2D eigenvalue weighted by molar-refractivity contribution is 5.97. The minimum atomic E-state index is -0.353. The summed E-state index contributed by atoms with van der Waals surface area (Å²) in [7, 11) is 1.79. The number of hydrogen-bond donors (Lipinski definition) is 0. The van der Waals surface area contributed by atoms with Gasteiger partial charge in [-0.2, -0.15) is 5.10 Å². The summed E-state index contributed by atoms with van der Waals surface area (Å²) in [6.45, 7) is 8.86. The third-order valence-electron chi connectivity index (χ3n) is 5.06. The Balaban J connectivity index is 1.58. The summed E-state index contributed by atoms with van der Waals surface area (Å²) in [6, 6.07) is 7.47. The molecule has 7 heteroatoms. The van der Waals surface area contributed by atoms with Gasteiger partial charge in [0, 0.05) is 44.2 Å². The summed E-state index contributed by atoms with van der Waals surface area (Å²) in [5, 5.41) is 4.48. The van der Waals surface area contributed by atoms with E-state index in [0.29, 0.717) is 37.4 Å². The number of halogens is 1. The molecule has 1 aliphatic rings. The smallest absolute Gasteiger partial charge is 0.272 e. The topological polar surface area (TPSA) is 58.4 Å². The van der Waals surface area contributed by atoms with Crippen molar-refractivity contribution in [3.8, 4) is 0 Å². The standard InChI is InChI=1S/C21H27FN4O2/c1-21(2,3)19-13-17(24(4)23-19)20(28)26-11-9-25(10-12-26)14-18(27)15-5-7-16(22)8-6-15/h5-8,13H,9-12,14H2,1-4H3. The van der Waals surface area contributed by atoms with Crippen molar-refractivity contribution in [2.24, 2.45) is 7.05 Å². The molecule has 0 unspecified atom stereocenters. The van der Waals surface area contributed by atoms with Crippen LogP contribution in [0.1, 0.15) is 47.3 Å². The number of hydrogen-bond acceptors (Lipinski definition) is 4. The van der Waals surface area contributed by atoms with Crippen LogP contribution in [0.2, 0.25) is 0 Å². The van der Waals surface area contributed by atoms with Gasteiger partial charge in [0.05, 0.1) is 12.2 Å². The molecule has 0 atom stereocenters. The van der Waals surface area contributed by atoms with Gasteiger partial charge in [0.1, 0.15) is 11.5 Å². The lowest BCUT2D eigenvalue weighted by Gasteiger charge is -2.34. The highest BCUT2D eigenvalue weighted by atomic mass is 19.1. The van der Waals surface area contributed by atoms with Crippen LogP contribution in [-0.2, 0) is 12.5 Å². The van der Waals surface area contributed by atoms with Gasteiger partial charge >= 0.3 is 0 Å². The van der Waals surface area contributed by atoms with E-state index in [1.807, 2.05) is 15.9 Å². The van der Waals surface area contributed by atoms with Crippen molar-refractivity contribution in [1.29, 1.82) is 0 Å². The van der Waals surface area contributed by atoms with E-state index in [1.165, 1.54) is 24.3 Å². The Morgan fingerprint density at radius 1 is 1.07 bits per heavy atom. The third kappa shape index (κ3) is 4.47. The quantitative estimate of drug-likeness (QED) is 0.758. The number of benzene rings is 1. The van der Waals surface area contributed by atoms with Crippen LogP contribution in [0.3, 0.4) is 0 Å². The van der Waals surface area contributed by atoms with Crippen molar-refractivity contribution >= 4 is 11.7 Å². The maximum absolute atomic E-state index is 13.0. The summed E-state index contributed by atoms with van der Waals surface area (Å²) in [5.41, 5.74) is 1.86. The number of carbonyl (C=O) groups is 2. The van der Waals surface area contributed by atoms with Crippen molar-refractivity contribution in [2.75, 3.05) is 32.7 Å².